The van der Waals surface area contributed by atoms with Gasteiger partial charge in [-0.3, -0.25) is 4.79 Å². The maximum Gasteiger partial charge on any atom is 0.323 e. The lowest BCUT2D eigenvalue weighted by Gasteiger charge is -2.10. The van der Waals surface area contributed by atoms with Crippen LogP contribution in [0.4, 0.5) is 0 Å². The van der Waals surface area contributed by atoms with Crippen LogP contribution in [0.3, 0.4) is 0 Å². The number of para-hydroxylation sites is 2. The van der Waals surface area contributed by atoms with Crippen molar-refractivity contribution in [1.29, 1.82) is 0 Å². The first-order valence-corrected chi connectivity index (χ1v) is 9.74. The Morgan fingerprint density at radius 3 is 2.45 bits per heavy atom. The molecule has 0 saturated carbocycles. The first kappa shape index (κ1) is 19.2. The third kappa shape index (κ3) is 4.15. The summed E-state index contributed by atoms with van der Waals surface area (Å²) in [4.78, 5) is 11.3. The Hall–Kier alpha value is -3.18. The molecule has 0 aliphatic heterocycles. The summed E-state index contributed by atoms with van der Waals surface area (Å²) in [5.74, 6) is 0.481. The van der Waals surface area contributed by atoms with Crippen LogP contribution in [0.25, 0.3) is 21.8 Å². The van der Waals surface area contributed by atoms with E-state index in [-0.39, 0.29) is 6.54 Å². The zero-order valence-electron chi connectivity index (χ0n) is 15.7. The minimum absolute atomic E-state index is 0.0981. The molecule has 148 valence electrons. The number of halogens is 1. The Labute approximate surface area is 173 Å². The van der Waals surface area contributed by atoms with Gasteiger partial charge in [-0.1, -0.05) is 41.9 Å². The molecule has 1 aromatic heterocycles. The molecule has 0 atom stereocenters. The molecule has 4 aromatic rings. The second kappa shape index (κ2) is 8.45. The summed E-state index contributed by atoms with van der Waals surface area (Å²) in [5, 5.41) is 11.9. The lowest BCUT2D eigenvalue weighted by atomic mass is 10.1. The van der Waals surface area contributed by atoms with E-state index in [1.54, 1.807) is 10.6 Å². The first-order chi connectivity index (χ1) is 14.1. The van der Waals surface area contributed by atoms with Gasteiger partial charge in [-0.05, 0) is 30.3 Å². The SMILES string of the molecule is O=C(O)Cn1c2ccccc2c2ccc(OCCCOc3ccccc3Cl)cc21. The molecule has 0 aliphatic rings. The summed E-state index contributed by atoms with van der Waals surface area (Å²) >= 11 is 6.07. The minimum Gasteiger partial charge on any atom is -0.493 e. The van der Waals surface area contributed by atoms with Gasteiger partial charge in [-0.25, -0.2) is 0 Å². The molecule has 5 nitrogen and oxygen atoms in total. The molecule has 1 N–H and O–H groups in total. The number of fused-ring (bicyclic) bond motifs is 3. The van der Waals surface area contributed by atoms with Gasteiger partial charge in [-0.2, -0.15) is 0 Å². The number of rotatable bonds is 8. The third-order valence-corrected chi connectivity index (χ3v) is 5.00. The number of carboxylic acids is 1. The van der Waals surface area contributed by atoms with Gasteiger partial charge in [0.05, 0.1) is 23.8 Å². The minimum atomic E-state index is -0.879. The molecule has 0 spiro atoms. The van der Waals surface area contributed by atoms with Crippen molar-refractivity contribution in [2.45, 2.75) is 13.0 Å². The van der Waals surface area contributed by atoms with Crippen molar-refractivity contribution in [2.24, 2.45) is 0 Å². The lowest BCUT2D eigenvalue weighted by molar-refractivity contribution is -0.137. The van der Waals surface area contributed by atoms with Crippen molar-refractivity contribution < 1.29 is 19.4 Å². The molecule has 1 heterocycles. The second-order valence-electron chi connectivity index (χ2n) is 6.66. The van der Waals surface area contributed by atoms with Crippen LogP contribution >= 0.6 is 11.6 Å². The molecular formula is C23H20ClNO4. The Morgan fingerprint density at radius 2 is 1.62 bits per heavy atom. The number of ether oxygens (including phenoxy) is 2. The number of hydrogen-bond acceptors (Lipinski definition) is 3. The van der Waals surface area contributed by atoms with Gasteiger partial charge in [0.1, 0.15) is 18.0 Å². The summed E-state index contributed by atoms with van der Waals surface area (Å²) in [6.07, 6.45) is 0.696. The Morgan fingerprint density at radius 1 is 0.897 bits per heavy atom. The number of carboxylic acid groups (broad SMARTS) is 1. The molecule has 0 amide bonds. The zero-order chi connectivity index (χ0) is 20.2. The van der Waals surface area contributed by atoms with Gasteiger partial charge in [0.15, 0.2) is 0 Å². The molecule has 0 saturated heterocycles. The van der Waals surface area contributed by atoms with Gasteiger partial charge in [0, 0.05) is 28.8 Å². The van der Waals surface area contributed by atoms with Crippen LogP contribution in [0.5, 0.6) is 11.5 Å². The van der Waals surface area contributed by atoms with Crippen LogP contribution in [-0.2, 0) is 11.3 Å². The van der Waals surface area contributed by atoms with Crippen LogP contribution in [0, 0.1) is 0 Å². The number of hydrogen-bond donors (Lipinski definition) is 1. The van der Waals surface area contributed by atoms with Crippen LogP contribution in [0.1, 0.15) is 6.42 Å². The highest BCUT2D eigenvalue weighted by molar-refractivity contribution is 6.32. The van der Waals surface area contributed by atoms with Gasteiger partial charge < -0.3 is 19.1 Å². The molecule has 0 fully saturated rings. The first-order valence-electron chi connectivity index (χ1n) is 9.36. The molecule has 0 bridgehead atoms. The summed E-state index contributed by atoms with van der Waals surface area (Å²) in [7, 11) is 0. The van der Waals surface area contributed by atoms with Crippen LogP contribution in [-0.4, -0.2) is 28.9 Å². The highest BCUT2D eigenvalue weighted by Crippen LogP contribution is 2.31. The van der Waals surface area contributed by atoms with Crippen molar-refractivity contribution in [3.8, 4) is 11.5 Å². The monoisotopic (exact) mass is 409 g/mol. The Bertz CT molecular complexity index is 1170. The molecule has 0 radical (unpaired) electrons. The van der Waals surface area contributed by atoms with E-state index in [4.69, 9.17) is 21.1 Å². The van der Waals surface area contributed by atoms with E-state index in [9.17, 15) is 9.90 Å². The topological polar surface area (TPSA) is 60.7 Å². The van der Waals surface area contributed by atoms with Crippen LogP contribution < -0.4 is 9.47 Å². The standard InChI is InChI=1S/C23H20ClNO4/c24-19-7-2-4-9-22(19)29-13-5-12-28-16-10-11-18-17-6-1-3-8-20(17)25(15-23(26)27)21(18)14-16/h1-4,6-11,14H,5,12-13,15H2,(H,26,27). The summed E-state index contributed by atoms with van der Waals surface area (Å²) < 4.78 is 13.3. The lowest BCUT2D eigenvalue weighted by Crippen LogP contribution is -2.08. The largest absolute Gasteiger partial charge is 0.493 e. The van der Waals surface area contributed by atoms with Gasteiger partial charge in [0.25, 0.3) is 0 Å². The normalized spacial score (nSPS) is 11.1. The molecule has 0 aliphatic carbocycles. The number of carbonyl (C=O) groups is 1. The number of aliphatic carboxylic acids is 1. The fourth-order valence-corrected chi connectivity index (χ4v) is 3.61. The Kier molecular flexibility index (Phi) is 5.58. The molecule has 4 rings (SSSR count). The summed E-state index contributed by atoms with van der Waals surface area (Å²) in [6, 6.07) is 21.0. The Balaban J connectivity index is 1.46. The fraction of sp³-hybridized carbons (Fsp3) is 0.174. The number of nitrogens with zero attached hydrogens (tertiary/aromatic N) is 1. The molecular weight excluding hydrogens is 390 g/mol. The van der Waals surface area contributed by atoms with Crippen molar-refractivity contribution in [3.05, 3.63) is 71.8 Å². The average Bonchev–Trinajstić information content (AvgIpc) is 3.02. The predicted molar refractivity (Wildman–Crippen MR) is 114 cm³/mol. The van der Waals surface area contributed by atoms with E-state index in [1.165, 1.54) is 0 Å². The van der Waals surface area contributed by atoms with E-state index >= 15 is 0 Å². The van der Waals surface area contributed by atoms with Crippen molar-refractivity contribution >= 4 is 39.4 Å². The zero-order valence-corrected chi connectivity index (χ0v) is 16.4. The fourth-order valence-electron chi connectivity index (χ4n) is 3.42. The average molecular weight is 410 g/mol. The summed E-state index contributed by atoms with van der Waals surface area (Å²) in [6.45, 7) is 0.875. The van der Waals surface area contributed by atoms with Gasteiger partial charge >= 0.3 is 5.97 Å². The van der Waals surface area contributed by atoms with Crippen molar-refractivity contribution in [3.63, 3.8) is 0 Å². The van der Waals surface area contributed by atoms with E-state index in [0.717, 1.165) is 21.8 Å². The molecule has 6 heteroatoms. The van der Waals surface area contributed by atoms with Crippen molar-refractivity contribution in [1.82, 2.24) is 4.57 Å². The highest BCUT2D eigenvalue weighted by atomic mass is 35.5. The smallest absolute Gasteiger partial charge is 0.323 e. The van der Waals surface area contributed by atoms with E-state index < -0.39 is 5.97 Å². The summed E-state index contributed by atoms with van der Waals surface area (Å²) in [5.41, 5.74) is 1.74. The van der Waals surface area contributed by atoms with Crippen LogP contribution in [0.2, 0.25) is 5.02 Å². The number of aromatic nitrogens is 1. The van der Waals surface area contributed by atoms with E-state index in [1.807, 2.05) is 60.7 Å². The van der Waals surface area contributed by atoms with Gasteiger partial charge in [-0.15, -0.1) is 0 Å². The third-order valence-electron chi connectivity index (χ3n) is 4.69. The maximum absolute atomic E-state index is 11.3. The molecule has 3 aromatic carbocycles. The predicted octanol–water partition coefficient (Wildman–Crippen LogP) is 5.38. The molecule has 0 unspecified atom stereocenters. The second-order valence-corrected chi connectivity index (χ2v) is 7.06. The highest BCUT2D eigenvalue weighted by Gasteiger charge is 2.13. The van der Waals surface area contributed by atoms with Crippen LogP contribution in [0.15, 0.2) is 66.7 Å². The van der Waals surface area contributed by atoms with Crippen molar-refractivity contribution in [2.75, 3.05) is 13.2 Å². The van der Waals surface area contributed by atoms with E-state index in [0.29, 0.717) is 36.2 Å². The number of benzene rings is 3. The maximum atomic E-state index is 11.3. The van der Waals surface area contributed by atoms with E-state index in [2.05, 4.69) is 0 Å². The molecule has 29 heavy (non-hydrogen) atoms. The quantitative estimate of drug-likeness (QED) is 0.397. The van der Waals surface area contributed by atoms with Gasteiger partial charge in [0.2, 0.25) is 0 Å².